The van der Waals surface area contributed by atoms with Crippen molar-refractivity contribution in [3.8, 4) is 5.75 Å². The molecule has 84 valence electrons. The van der Waals surface area contributed by atoms with Crippen molar-refractivity contribution >= 4 is 6.47 Å². The van der Waals surface area contributed by atoms with E-state index >= 15 is 0 Å². The van der Waals surface area contributed by atoms with Gasteiger partial charge in [0.15, 0.2) is 0 Å². The molecule has 0 atom stereocenters. The van der Waals surface area contributed by atoms with Crippen LogP contribution in [0.4, 0.5) is 0 Å². The van der Waals surface area contributed by atoms with Gasteiger partial charge < -0.3 is 15.2 Å². The molecule has 0 aliphatic carbocycles. The van der Waals surface area contributed by atoms with Gasteiger partial charge in [0, 0.05) is 6.54 Å². The van der Waals surface area contributed by atoms with Gasteiger partial charge in [0.05, 0.1) is 0 Å². The summed E-state index contributed by atoms with van der Waals surface area (Å²) in [6.07, 6.45) is 0. The zero-order chi connectivity index (χ0) is 11.5. The maximum Gasteiger partial charge on any atom is 0.290 e. The fourth-order valence-electron chi connectivity index (χ4n) is 0.905. The Morgan fingerprint density at radius 2 is 1.93 bits per heavy atom. The predicted molar refractivity (Wildman–Crippen MR) is 59.3 cm³/mol. The van der Waals surface area contributed by atoms with E-state index in [0.29, 0.717) is 0 Å². The normalized spacial score (nSPS) is 8.67. The summed E-state index contributed by atoms with van der Waals surface area (Å²) >= 11 is 0. The topological polar surface area (TPSA) is 58.6 Å². The molecule has 0 amide bonds. The van der Waals surface area contributed by atoms with Crippen LogP contribution in [-0.4, -0.2) is 31.8 Å². The van der Waals surface area contributed by atoms with E-state index in [1.165, 1.54) is 5.56 Å². The van der Waals surface area contributed by atoms with Crippen molar-refractivity contribution in [2.24, 2.45) is 0 Å². The molecular weight excluding hydrogens is 194 g/mol. The number of carboxylic acid groups (broad SMARTS) is 1. The van der Waals surface area contributed by atoms with Crippen LogP contribution in [0.25, 0.3) is 0 Å². The van der Waals surface area contributed by atoms with Crippen molar-refractivity contribution in [2.45, 2.75) is 6.92 Å². The monoisotopic (exact) mass is 211 g/mol. The van der Waals surface area contributed by atoms with Crippen LogP contribution in [0.1, 0.15) is 5.56 Å². The number of aryl methyl sites for hydroxylation is 1. The summed E-state index contributed by atoms with van der Waals surface area (Å²) in [6, 6.07) is 8.08. The van der Waals surface area contributed by atoms with Crippen LogP contribution < -0.4 is 10.1 Å². The van der Waals surface area contributed by atoms with Gasteiger partial charge >= 0.3 is 0 Å². The molecule has 2 N–H and O–H groups in total. The van der Waals surface area contributed by atoms with Gasteiger partial charge in [-0.05, 0) is 26.1 Å². The summed E-state index contributed by atoms with van der Waals surface area (Å²) in [7, 11) is 1.92. The fraction of sp³-hybridized carbons (Fsp3) is 0.364. The summed E-state index contributed by atoms with van der Waals surface area (Å²) < 4.78 is 5.44. The summed E-state index contributed by atoms with van der Waals surface area (Å²) in [5.41, 5.74) is 1.26. The Bertz CT molecular complexity index is 259. The third kappa shape index (κ3) is 7.52. The second kappa shape index (κ2) is 9.02. The third-order valence-corrected chi connectivity index (χ3v) is 1.64. The number of nitrogens with one attached hydrogen (secondary N) is 1. The molecule has 0 spiro atoms. The highest BCUT2D eigenvalue weighted by molar-refractivity contribution is 5.32. The molecule has 0 heterocycles. The minimum Gasteiger partial charge on any atom is -0.492 e. The van der Waals surface area contributed by atoms with Crippen LogP contribution in [0.2, 0.25) is 0 Å². The lowest BCUT2D eigenvalue weighted by Gasteiger charge is -2.04. The lowest BCUT2D eigenvalue weighted by molar-refractivity contribution is -0.122. The Kier molecular flexibility index (Phi) is 8.09. The van der Waals surface area contributed by atoms with E-state index < -0.39 is 0 Å². The number of carbonyl (C=O) groups is 1. The first-order chi connectivity index (χ1) is 7.24. The number of benzene rings is 1. The van der Waals surface area contributed by atoms with E-state index in [2.05, 4.69) is 24.4 Å². The molecule has 0 saturated carbocycles. The van der Waals surface area contributed by atoms with Crippen LogP contribution in [0.5, 0.6) is 5.75 Å². The quantitative estimate of drug-likeness (QED) is 0.582. The van der Waals surface area contributed by atoms with Gasteiger partial charge in [0.2, 0.25) is 0 Å². The molecule has 15 heavy (non-hydrogen) atoms. The van der Waals surface area contributed by atoms with Crippen LogP contribution in [0.3, 0.4) is 0 Å². The number of hydrogen-bond acceptors (Lipinski definition) is 3. The lowest BCUT2D eigenvalue weighted by atomic mass is 10.2. The van der Waals surface area contributed by atoms with E-state index in [1.54, 1.807) is 0 Å². The summed E-state index contributed by atoms with van der Waals surface area (Å²) in [5, 5.41) is 9.91. The van der Waals surface area contributed by atoms with E-state index in [1.807, 2.05) is 19.2 Å². The Balaban J connectivity index is 0.000000583. The molecule has 0 radical (unpaired) electrons. The van der Waals surface area contributed by atoms with E-state index in [0.717, 1.165) is 18.9 Å². The van der Waals surface area contributed by atoms with Gasteiger partial charge in [-0.15, -0.1) is 0 Å². The van der Waals surface area contributed by atoms with Crippen molar-refractivity contribution in [3.63, 3.8) is 0 Å². The molecule has 0 aromatic heterocycles. The summed E-state index contributed by atoms with van der Waals surface area (Å²) in [4.78, 5) is 8.36. The van der Waals surface area contributed by atoms with Crippen molar-refractivity contribution in [3.05, 3.63) is 29.8 Å². The van der Waals surface area contributed by atoms with Gasteiger partial charge in [0.1, 0.15) is 12.4 Å². The Morgan fingerprint density at radius 3 is 2.40 bits per heavy atom. The number of hydrogen-bond donors (Lipinski definition) is 2. The largest absolute Gasteiger partial charge is 0.492 e. The van der Waals surface area contributed by atoms with Gasteiger partial charge in [0.25, 0.3) is 6.47 Å². The smallest absolute Gasteiger partial charge is 0.290 e. The average Bonchev–Trinajstić information content (AvgIpc) is 2.23. The highest BCUT2D eigenvalue weighted by atomic mass is 16.5. The zero-order valence-electron chi connectivity index (χ0n) is 9.06. The number of rotatable bonds is 4. The first kappa shape index (κ1) is 13.4. The van der Waals surface area contributed by atoms with E-state index in [-0.39, 0.29) is 6.47 Å². The molecule has 0 saturated heterocycles. The molecule has 0 aliphatic rings. The first-order valence-corrected chi connectivity index (χ1v) is 4.66. The van der Waals surface area contributed by atoms with Crippen molar-refractivity contribution in [2.75, 3.05) is 20.2 Å². The number of likely N-dealkylation sites (N-methyl/N-ethyl adjacent to an activating group) is 1. The predicted octanol–water partition coefficient (Wildman–Crippen LogP) is 1.29. The maximum atomic E-state index is 8.36. The maximum absolute atomic E-state index is 8.36. The molecule has 4 heteroatoms. The van der Waals surface area contributed by atoms with Gasteiger partial charge in [-0.3, -0.25) is 4.79 Å². The van der Waals surface area contributed by atoms with Crippen molar-refractivity contribution in [1.29, 1.82) is 0 Å². The Hall–Kier alpha value is -1.55. The molecule has 0 unspecified atom stereocenters. The van der Waals surface area contributed by atoms with Crippen LogP contribution in [0, 0.1) is 6.92 Å². The molecule has 0 bridgehead atoms. The second-order valence-electron chi connectivity index (χ2n) is 2.87. The van der Waals surface area contributed by atoms with Crippen LogP contribution >= 0.6 is 0 Å². The van der Waals surface area contributed by atoms with Crippen molar-refractivity contribution in [1.82, 2.24) is 5.32 Å². The fourth-order valence-corrected chi connectivity index (χ4v) is 0.905. The molecule has 4 nitrogen and oxygen atoms in total. The van der Waals surface area contributed by atoms with Crippen LogP contribution in [0.15, 0.2) is 24.3 Å². The molecule has 1 rings (SSSR count). The minimum absolute atomic E-state index is 0.250. The minimum atomic E-state index is -0.250. The van der Waals surface area contributed by atoms with Gasteiger partial charge in [-0.25, -0.2) is 0 Å². The van der Waals surface area contributed by atoms with Gasteiger partial charge in [-0.2, -0.15) is 0 Å². The molecule has 1 aromatic carbocycles. The Morgan fingerprint density at radius 1 is 1.40 bits per heavy atom. The highest BCUT2D eigenvalue weighted by Gasteiger charge is 1.90. The van der Waals surface area contributed by atoms with Gasteiger partial charge in [-0.1, -0.05) is 17.7 Å². The second-order valence-corrected chi connectivity index (χ2v) is 2.87. The molecule has 0 fully saturated rings. The SMILES string of the molecule is CNCCOc1ccc(C)cc1.O=CO. The summed E-state index contributed by atoms with van der Waals surface area (Å²) in [5.74, 6) is 0.941. The van der Waals surface area contributed by atoms with Crippen LogP contribution in [-0.2, 0) is 4.79 Å². The first-order valence-electron chi connectivity index (χ1n) is 4.66. The van der Waals surface area contributed by atoms with E-state index in [9.17, 15) is 0 Å². The highest BCUT2D eigenvalue weighted by Crippen LogP contribution is 2.10. The lowest BCUT2D eigenvalue weighted by Crippen LogP contribution is -2.15. The standard InChI is InChI=1S/C10H15NO.CH2O2/c1-9-3-5-10(6-4-9)12-8-7-11-2;2-1-3/h3-6,11H,7-8H2,1-2H3;1H,(H,2,3). The van der Waals surface area contributed by atoms with E-state index in [4.69, 9.17) is 14.6 Å². The van der Waals surface area contributed by atoms with Crippen molar-refractivity contribution < 1.29 is 14.6 Å². The zero-order valence-corrected chi connectivity index (χ0v) is 9.06. The third-order valence-electron chi connectivity index (χ3n) is 1.64. The summed E-state index contributed by atoms with van der Waals surface area (Å²) in [6.45, 7) is 3.42. The molecule has 1 aromatic rings. The Labute approximate surface area is 89.9 Å². The average molecular weight is 211 g/mol. The molecule has 0 aliphatic heterocycles. The number of ether oxygens (including phenoxy) is 1. The molecular formula is C11H17NO3.